The van der Waals surface area contributed by atoms with E-state index in [-0.39, 0.29) is 11.8 Å². The number of piperazine rings is 1. The fraction of sp³-hybridized carbons (Fsp3) is 0.652. The van der Waals surface area contributed by atoms with Crippen LogP contribution in [0.2, 0.25) is 0 Å². The third kappa shape index (κ3) is 4.95. The Morgan fingerprint density at radius 3 is 2.60 bits per heavy atom. The van der Waals surface area contributed by atoms with Crippen LogP contribution >= 0.6 is 0 Å². The van der Waals surface area contributed by atoms with E-state index in [0.29, 0.717) is 13.0 Å². The van der Waals surface area contributed by atoms with Gasteiger partial charge in [-0.15, -0.1) is 0 Å². The molecule has 1 aliphatic carbocycles. The predicted molar refractivity (Wildman–Crippen MR) is 117 cm³/mol. The minimum atomic E-state index is -0.578. The van der Waals surface area contributed by atoms with Gasteiger partial charge in [-0.3, -0.25) is 19.8 Å². The van der Waals surface area contributed by atoms with E-state index in [2.05, 4.69) is 38.6 Å². The highest BCUT2D eigenvalue weighted by atomic mass is 16.5. The van der Waals surface area contributed by atoms with Crippen molar-refractivity contribution in [3.8, 4) is 5.75 Å². The lowest BCUT2D eigenvalue weighted by atomic mass is 9.81. The molecule has 1 atom stereocenters. The molecule has 2 saturated heterocycles. The number of carbonyl (C=O) groups is 2. The molecule has 2 N–H and O–H groups in total. The molecule has 30 heavy (non-hydrogen) atoms. The standard InChI is InChI=1S/C23H34N4O3/c1-24-17-23(15-21(28)25-22(23)29)9-4-10-26-11-13-27(14-12-26)19-5-2-3-6-20(19)30-16-18-7-8-18/h2-3,5-6,18,24H,4,7-17H2,1H3,(H,25,28,29). The lowest BCUT2D eigenvalue weighted by Gasteiger charge is -2.37. The minimum absolute atomic E-state index is 0.116. The zero-order valence-electron chi connectivity index (χ0n) is 18.0. The number of rotatable bonds is 10. The highest BCUT2D eigenvalue weighted by Crippen LogP contribution is 2.34. The first kappa shape index (κ1) is 21.1. The van der Waals surface area contributed by atoms with Crippen LogP contribution in [0.25, 0.3) is 0 Å². The van der Waals surface area contributed by atoms with Gasteiger partial charge in [0, 0.05) is 39.1 Å². The van der Waals surface area contributed by atoms with E-state index in [4.69, 9.17) is 4.74 Å². The van der Waals surface area contributed by atoms with E-state index in [9.17, 15) is 9.59 Å². The molecule has 4 rings (SSSR count). The van der Waals surface area contributed by atoms with E-state index in [1.54, 1.807) is 0 Å². The summed E-state index contributed by atoms with van der Waals surface area (Å²) in [5.74, 6) is 1.49. The van der Waals surface area contributed by atoms with Crippen LogP contribution in [0.1, 0.15) is 32.1 Å². The number of hydrogen-bond donors (Lipinski definition) is 2. The maximum absolute atomic E-state index is 12.3. The van der Waals surface area contributed by atoms with Gasteiger partial charge in [-0.2, -0.15) is 0 Å². The molecule has 0 bridgehead atoms. The van der Waals surface area contributed by atoms with Crippen molar-refractivity contribution in [1.29, 1.82) is 0 Å². The first-order valence-corrected chi connectivity index (χ1v) is 11.3. The van der Waals surface area contributed by atoms with Gasteiger partial charge in [0.2, 0.25) is 11.8 Å². The zero-order chi connectivity index (χ0) is 21.0. The molecule has 3 aliphatic rings. The van der Waals surface area contributed by atoms with Crippen molar-refractivity contribution in [2.24, 2.45) is 11.3 Å². The number of anilines is 1. The second-order valence-corrected chi connectivity index (χ2v) is 9.02. The summed E-state index contributed by atoms with van der Waals surface area (Å²) in [5.41, 5.74) is 0.623. The summed E-state index contributed by atoms with van der Waals surface area (Å²) < 4.78 is 6.09. The van der Waals surface area contributed by atoms with E-state index >= 15 is 0 Å². The quantitative estimate of drug-likeness (QED) is 0.567. The highest BCUT2D eigenvalue weighted by Gasteiger charge is 2.45. The molecule has 0 spiro atoms. The summed E-state index contributed by atoms with van der Waals surface area (Å²) in [4.78, 5) is 28.9. The van der Waals surface area contributed by atoms with Crippen molar-refractivity contribution in [3.05, 3.63) is 24.3 Å². The summed E-state index contributed by atoms with van der Waals surface area (Å²) in [7, 11) is 1.84. The average molecular weight is 415 g/mol. The Labute approximate surface area is 179 Å². The monoisotopic (exact) mass is 414 g/mol. The van der Waals surface area contributed by atoms with Crippen LogP contribution in [0.3, 0.4) is 0 Å². The molecule has 1 aromatic carbocycles. The largest absolute Gasteiger partial charge is 0.491 e. The number of benzene rings is 1. The second-order valence-electron chi connectivity index (χ2n) is 9.02. The van der Waals surface area contributed by atoms with Gasteiger partial charge in [-0.25, -0.2) is 0 Å². The minimum Gasteiger partial charge on any atom is -0.491 e. The second kappa shape index (κ2) is 9.35. The maximum Gasteiger partial charge on any atom is 0.234 e. The van der Waals surface area contributed by atoms with Crippen molar-refractivity contribution in [1.82, 2.24) is 15.5 Å². The number of nitrogens with one attached hydrogen (secondary N) is 2. The van der Waals surface area contributed by atoms with Crippen LogP contribution in [0.15, 0.2) is 24.3 Å². The Hall–Kier alpha value is -2.12. The SMILES string of the molecule is CNCC1(CCCN2CCN(c3ccccc3OCC3CC3)CC2)CC(=O)NC1=O. The number of hydrogen-bond acceptors (Lipinski definition) is 6. The first-order chi connectivity index (χ1) is 14.6. The number of imide groups is 1. The molecule has 1 saturated carbocycles. The Bertz CT molecular complexity index is 759. The molecule has 7 nitrogen and oxygen atoms in total. The van der Waals surface area contributed by atoms with Crippen molar-refractivity contribution in [3.63, 3.8) is 0 Å². The van der Waals surface area contributed by atoms with Crippen molar-refractivity contribution in [2.75, 3.05) is 57.8 Å². The van der Waals surface area contributed by atoms with Crippen molar-refractivity contribution in [2.45, 2.75) is 32.1 Å². The van der Waals surface area contributed by atoms with Gasteiger partial charge in [-0.1, -0.05) is 12.1 Å². The van der Waals surface area contributed by atoms with Gasteiger partial charge in [-0.05, 0) is 57.3 Å². The summed E-state index contributed by atoms with van der Waals surface area (Å²) in [6.07, 6.45) is 4.56. The average Bonchev–Trinajstić information content (AvgIpc) is 3.53. The number of ether oxygens (including phenoxy) is 1. The molecule has 0 radical (unpaired) electrons. The van der Waals surface area contributed by atoms with Crippen LogP contribution in [-0.4, -0.2) is 69.6 Å². The number of nitrogens with zero attached hydrogens (tertiary/aromatic N) is 2. The molecule has 1 unspecified atom stereocenters. The first-order valence-electron chi connectivity index (χ1n) is 11.3. The van der Waals surface area contributed by atoms with Crippen LogP contribution in [-0.2, 0) is 9.59 Å². The van der Waals surface area contributed by atoms with Gasteiger partial charge in [0.1, 0.15) is 5.75 Å². The third-order valence-corrected chi connectivity index (χ3v) is 6.63. The summed E-state index contributed by atoms with van der Waals surface area (Å²) in [5, 5.41) is 5.58. The smallest absolute Gasteiger partial charge is 0.234 e. The molecule has 2 heterocycles. The lowest BCUT2D eigenvalue weighted by Crippen LogP contribution is -2.47. The topological polar surface area (TPSA) is 73.9 Å². The van der Waals surface area contributed by atoms with Gasteiger partial charge < -0.3 is 15.0 Å². The van der Waals surface area contributed by atoms with E-state index < -0.39 is 5.41 Å². The van der Waals surface area contributed by atoms with E-state index in [1.807, 2.05) is 13.1 Å². The van der Waals surface area contributed by atoms with Crippen molar-refractivity contribution < 1.29 is 14.3 Å². The predicted octanol–water partition coefficient (Wildman–Crippen LogP) is 1.63. The molecule has 2 aliphatic heterocycles. The van der Waals surface area contributed by atoms with E-state index in [1.165, 1.54) is 18.5 Å². The van der Waals surface area contributed by atoms with Crippen LogP contribution in [0.5, 0.6) is 5.75 Å². The lowest BCUT2D eigenvalue weighted by molar-refractivity contribution is -0.128. The fourth-order valence-corrected chi connectivity index (χ4v) is 4.65. The molecule has 0 aromatic heterocycles. The van der Waals surface area contributed by atoms with Crippen LogP contribution < -0.4 is 20.3 Å². The molecule has 7 heteroatoms. The van der Waals surface area contributed by atoms with Gasteiger partial charge >= 0.3 is 0 Å². The molecule has 164 valence electrons. The van der Waals surface area contributed by atoms with Crippen LogP contribution in [0, 0.1) is 11.3 Å². The Morgan fingerprint density at radius 2 is 1.93 bits per heavy atom. The van der Waals surface area contributed by atoms with Crippen LogP contribution in [0.4, 0.5) is 5.69 Å². The zero-order valence-corrected chi connectivity index (χ0v) is 18.0. The van der Waals surface area contributed by atoms with Gasteiger partial charge in [0.15, 0.2) is 0 Å². The van der Waals surface area contributed by atoms with Gasteiger partial charge in [0.05, 0.1) is 17.7 Å². The highest BCUT2D eigenvalue weighted by molar-refractivity contribution is 6.06. The summed E-state index contributed by atoms with van der Waals surface area (Å²) in [6, 6.07) is 8.38. The molecule has 1 aromatic rings. The molecular weight excluding hydrogens is 380 g/mol. The number of para-hydroxylation sites is 2. The van der Waals surface area contributed by atoms with E-state index in [0.717, 1.165) is 63.8 Å². The molecular formula is C23H34N4O3. The summed E-state index contributed by atoms with van der Waals surface area (Å²) >= 11 is 0. The Morgan fingerprint density at radius 1 is 1.17 bits per heavy atom. The number of amides is 2. The van der Waals surface area contributed by atoms with Gasteiger partial charge in [0.25, 0.3) is 0 Å². The normalized spacial score (nSPS) is 24.9. The Kier molecular flexibility index (Phi) is 6.58. The number of carbonyl (C=O) groups excluding carboxylic acids is 2. The third-order valence-electron chi connectivity index (χ3n) is 6.63. The Balaban J connectivity index is 1.25. The molecule has 2 amide bonds. The summed E-state index contributed by atoms with van der Waals surface area (Å²) in [6.45, 7) is 6.30. The maximum atomic E-state index is 12.3. The van der Waals surface area contributed by atoms with Crippen molar-refractivity contribution >= 4 is 17.5 Å². The fourth-order valence-electron chi connectivity index (χ4n) is 4.65. The molecule has 3 fully saturated rings.